The van der Waals surface area contributed by atoms with Crippen molar-refractivity contribution in [3.63, 3.8) is 0 Å². The van der Waals surface area contributed by atoms with E-state index in [9.17, 15) is 24.3 Å². The van der Waals surface area contributed by atoms with E-state index in [1.165, 1.54) is 24.0 Å². The summed E-state index contributed by atoms with van der Waals surface area (Å²) in [6, 6.07) is 2.67. The summed E-state index contributed by atoms with van der Waals surface area (Å²) in [5, 5.41) is 14.4. The Balaban J connectivity index is 1.51. The lowest BCUT2D eigenvalue weighted by Gasteiger charge is -2.41. The van der Waals surface area contributed by atoms with E-state index in [0.29, 0.717) is 23.6 Å². The molecule has 280 valence electrons. The fourth-order valence-corrected chi connectivity index (χ4v) is 8.51. The van der Waals surface area contributed by atoms with Crippen molar-refractivity contribution in [1.82, 2.24) is 10.2 Å². The summed E-state index contributed by atoms with van der Waals surface area (Å²) in [7, 11) is 9.16. The standard InChI is InChI=1S/C35H46ClN3O10S2/c1-18-10-9-11-25(46-7)34(44)17-24(47-33(43)37-34)19(2)29-35(49-29)27(30(35)48-32(42)20(3)38(4)26(40)12-13-51-50-8)31(41)39(5)22-15-21(14-18)16-23(45-6)28(22)36/h9-11,15-16,19-20,24-25,27,29-30,44H,12-14,17H2,1-8H3,(H,37,43)/b11-9+,18-10+/t19-,20+,24+,25-,27?,29-,30+,34+,35-/m1/s1. The van der Waals surface area contributed by atoms with Crippen molar-refractivity contribution in [3.05, 3.63) is 46.5 Å². The highest BCUT2D eigenvalue weighted by Gasteiger charge is 2.87. The maximum atomic E-state index is 14.4. The first-order valence-corrected chi connectivity index (χ1v) is 19.7. The normalized spacial score (nSPS) is 33.8. The van der Waals surface area contributed by atoms with Crippen molar-refractivity contribution in [3.8, 4) is 5.75 Å². The number of likely N-dealkylation sites (N-methyl/N-ethyl adjacent to an activating group) is 1. The van der Waals surface area contributed by atoms with Crippen molar-refractivity contribution in [2.45, 2.75) is 81.8 Å². The van der Waals surface area contributed by atoms with Gasteiger partial charge in [-0.25, -0.2) is 9.59 Å². The Kier molecular flexibility index (Phi) is 12.0. The number of halogens is 1. The highest BCUT2D eigenvalue weighted by molar-refractivity contribution is 8.76. The van der Waals surface area contributed by atoms with Crippen LogP contribution in [0.4, 0.5) is 10.5 Å². The number of amides is 3. The van der Waals surface area contributed by atoms with Crippen LogP contribution in [0.1, 0.15) is 39.2 Å². The van der Waals surface area contributed by atoms with Crippen LogP contribution < -0.4 is 15.0 Å². The largest absolute Gasteiger partial charge is 0.495 e. The van der Waals surface area contributed by atoms with Gasteiger partial charge in [0.1, 0.15) is 46.6 Å². The predicted octanol–water partition coefficient (Wildman–Crippen LogP) is 4.14. The molecule has 1 unspecified atom stereocenters. The molecule has 4 bridgehead atoms. The molecule has 1 aromatic rings. The molecule has 3 fully saturated rings. The Morgan fingerprint density at radius 1 is 1.27 bits per heavy atom. The predicted molar refractivity (Wildman–Crippen MR) is 195 cm³/mol. The number of esters is 1. The minimum absolute atomic E-state index is 0.0525. The lowest BCUT2D eigenvalue weighted by Crippen LogP contribution is -2.63. The van der Waals surface area contributed by atoms with Crippen LogP contribution in [0.3, 0.4) is 0 Å². The molecule has 5 rings (SSSR count). The fourth-order valence-electron chi connectivity index (χ4n) is 7.02. The van der Waals surface area contributed by atoms with Gasteiger partial charge in [0.25, 0.3) is 0 Å². The molecule has 3 aliphatic heterocycles. The number of alkyl carbamates (subject to hydrolysis) is 1. The number of carbonyl (C=O) groups excluding carboxylic acids is 4. The van der Waals surface area contributed by atoms with Gasteiger partial charge >= 0.3 is 12.1 Å². The van der Waals surface area contributed by atoms with Gasteiger partial charge in [-0.2, -0.15) is 0 Å². The first kappa shape index (κ1) is 39.3. The molecule has 3 amide bonds. The van der Waals surface area contributed by atoms with Crippen LogP contribution >= 0.6 is 33.2 Å². The number of methoxy groups -OCH3 is 2. The molecule has 1 saturated carbocycles. The minimum atomic E-state index is -1.82. The zero-order valence-electron chi connectivity index (χ0n) is 30.0. The first-order chi connectivity index (χ1) is 24.1. The van der Waals surface area contributed by atoms with Crippen LogP contribution in [0.5, 0.6) is 5.75 Å². The number of carbonyl (C=O) groups is 4. The van der Waals surface area contributed by atoms with Gasteiger partial charge in [0.2, 0.25) is 11.8 Å². The molecule has 16 heteroatoms. The van der Waals surface area contributed by atoms with Crippen molar-refractivity contribution in [2.24, 2.45) is 11.8 Å². The van der Waals surface area contributed by atoms with Gasteiger partial charge in [0.15, 0.2) is 5.72 Å². The van der Waals surface area contributed by atoms with Gasteiger partial charge in [-0.1, -0.05) is 63.9 Å². The number of anilines is 1. The lowest BCUT2D eigenvalue weighted by molar-refractivity contribution is -0.155. The van der Waals surface area contributed by atoms with Gasteiger partial charge in [0.05, 0.1) is 18.9 Å². The first-order valence-electron chi connectivity index (χ1n) is 16.6. The van der Waals surface area contributed by atoms with E-state index in [2.05, 4.69) is 5.32 Å². The van der Waals surface area contributed by atoms with Gasteiger partial charge in [-0.05, 0) is 44.2 Å². The second-order valence-corrected chi connectivity index (χ2v) is 16.5. The molecule has 13 nitrogen and oxygen atoms in total. The molecule has 2 saturated heterocycles. The molecule has 9 atom stereocenters. The number of hydrogen-bond donors (Lipinski definition) is 2. The number of rotatable bonds is 9. The Hall–Kier alpha value is -2.95. The molecule has 0 aromatic heterocycles. The molecule has 1 aromatic carbocycles. The maximum absolute atomic E-state index is 14.4. The van der Waals surface area contributed by atoms with Crippen LogP contribution in [0.2, 0.25) is 5.02 Å². The molecule has 3 heterocycles. The second kappa shape index (κ2) is 15.6. The number of epoxide rings is 1. The molecule has 1 aliphatic carbocycles. The van der Waals surface area contributed by atoms with E-state index < -0.39 is 71.6 Å². The zero-order valence-corrected chi connectivity index (χ0v) is 32.4. The topological polar surface area (TPSA) is 156 Å². The smallest absolute Gasteiger partial charge is 0.409 e. The van der Waals surface area contributed by atoms with Crippen molar-refractivity contribution < 1.29 is 48.0 Å². The van der Waals surface area contributed by atoms with Crippen LogP contribution in [-0.2, 0) is 39.8 Å². The van der Waals surface area contributed by atoms with E-state index >= 15 is 0 Å². The number of allylic oxidation sites excluding steroid dienone is 3. The number of nitrogens with zero attached hydrogens (tertiary/aromatic N) is 2. The van der Waals surface area contributed by atoms with E-state index in [0.717, 1.165) is 11.1 Å². The van der Waals surface area contributed by atoms with Crippen LogP contribution in [0.25, 0.3) is 0 Å². The number of hydrogen-bond acceptors (Lipinski definition) is 12. The molecule has 51 heavy (non-hydrogen) atoms. The molecule has 1 spiro atoms. The summed E-state index contributed by atoms with van der Waals surface area (Å²) in [6.07, 6.45) is 3.55. The lowest BCUT2D eigenvalue weighted by atomic mass is 9.87. The molecular formula is C35H46ClN3O10S2. The minimum Gasteiger partial charge on any atom is -0.495 e. The third-order valence-corrected chi connectivity index (χ3v) is 12.4. The molecule has 4 aliphatic rings. The maximum Gasteiger partial charge on any atom is 0.409 e. The summed E-state index contributed by atoms with van der Waals surface area (Å²) in [4.78, 5) is 56.3. The van der Waals surface area contributed by atoms with Gasteiger partial charge < -0.3 is 38.6 Å². The third-order valence-electron chi connectivity index (χ3n) is 10.2. The molecular weight excluding hydrogens is 722 g/mol. The van der Waals surface area contributed by atoms with Crippen molar-refractivity contribution in [1.29, 1.82) is 0 Å². The van der Waals surface area contributed by atoms with Crippen LogP contribution in [0, 0.1) is 11.8 Å². The van der Waals surface area contributed by atoms with Crippen LogP contribution in [-0.4, -0.2) is 116 Å². The van der Waals surface area contributed by atoms with E-state index in [1.54, 1.807) is 67.7 Å². The molecule has 2 N–H and O–H groups in total. The Morgan fingerprint density at radius 2 is 2.00 bits per heavy atom. The fraction of sp³-hybridized carbons (Fsp3) is 0.600. The summed E-state index contributed by atoms with van der Waals surface area (Å²) in [5.74, 6) is -1.83. The number of ether oxygens (including phenoxy) is 5. The molecule has 0 radical (unpaired) electrons. The van der Waals surface area contributed by atoms with Gasteiger partial charge in [-0.15, -0.1) is 0 Å². The quantitative estimate of drug-likeness (QED) is 0.161. The third kappa shape index (κ3) is 7.74. The number of fused-ring (bicyclic) bond motifs is 4. The van der Waals surface area contributed by atoms with Crippen molar-refractivity contribution in [2.75, 3.05) is 45.2 Å². The van der Waals surface area contributed by atoms with Gasteiger partial charge in [0, 0.05) is 45.7 Å². The van der Waals surface area contributed by atoms with E-state index in [4.69, 9.17) is 35.3 Å². The average Bonchev–Trinajstić information content (AvgIpc) is 3.98. The van der Waals surface area contributed by atoms with E-state index in [-0.39, 0.29) is 23.8 Å². The number of nitrogens with one attached hydrogen (secondary N) is 1. The number of aliphatic hydroxyl groups is 1. The Labute approximate surface area is 311 Å². The van der Waals surface area contributed by atoms with Crippen LogP contribution in [0.15, 0.2) is 35.9 Å². The van der Waals surface area contributed by atoms with E-state index in [1.807, 2.05) is 25.3 Å². The number of benzene rings is 1. The summed E-state index contributed by atoms with van der Waals surface area (Å²) in [6.45, 7) is 5.29. The second-order valence-electron chi connectivity index (χ2n) is 13.5. The highest BCUT2D eigenvalue weighted by Crippen LogP contribution is 2.67. The summed E-state index contributed by atoms with van der Waals surface area (Å²) < 4.78 is 29.1. The zero-order chi connectivity index (χ0) is 37.4. The van der Waals surface area contributed by atoms with Crippen molar-refractivity contribution >= 4 is 62.8 Å². The average molecular weight is 768 g/mol. The summed E-state index contributed by atoms with van der Waals surface area (Å²) >= 11 is 6.78. The highest BCUT2D eigenvalue weighted by atomic mass is 35.5. The summed E-state index contributed by atoms with van der Waals surface area (Å²) in [5.41, 5.74) is -0.901. The van der Waals surface area contributed by atoms with Gasteiger partial charge in [-0.3, -0.25) is 14.9 Å². The monoisotopic (exact) mass is 767 g/mol. The Morgan fingerprint density at radius 3 is 2.67 bits per heavy atom. The SMILES string of the molecule is COc1cc2cc(c1Cl)N(C)C(=O)C1[C@H](OC(=O)[C@H](C)N(C)C(=O)CCSSC)[C@@]13O[C@@H]3[C@H](C)[C@@H]1C[C@@](O)(NC(=O)O1)[C@H](OC)/C=C/C=C(\C)C2. The Bertz CT molecular complexity index is 1610.